The lowest BCUT2D eigenvalue weighted by atomic mass is 10.1. The molecule has 2 N–H and O–H groups in total. The van der Waals surface area contributed by atoms with Crippen molar-refractivity contribution in [3.05, 3.63) is 35.5 Å². The standard InChI is InChI=1S/C13H17N3O3/c1-8(14-7-13-15-9(2)19-16-13)11-6-10(18-3)4-5-12(11)17/h4-6,8,14,17H,7H2,1-3H3. The highest BCUT2D eigenvalue weighted by Crippen LogP contribution is 2.28. The highest BCUT2D eigenvalue weighted by atomic mass is 16.5. The highest BCUT2D eigenvalue weighted by molar-refractivity contribution is 5.41. The first kappa shape index (κ1) is 13.4. The van der Waals surface area contributed by atoms with Crippen molar-refractivity contribution in [3.8, 4) is 11.5 Å². The lowest BCUT2D eigenvalue weighted by Crippen LogP contribution is -2.19. The maximum Gasteiger partial charge on any atom is 0.223 e. The van der Waals surface area contributed by atoms with Crippen LogP contribution >= 0.6 is 0 Å². The Morgan fingerprint density at radius 3 is 2.89 bits per heavy atom. The largest absolute Gasteiger partial charge is 0.508 e. The predicted molar refractivity (Wildman–Crippen MR) is 68.9 cm³/mol. The summed E-state index contributed by atoms with van der Waals surface area (Å²) in [6, 6.07) is 5.07. The molecule has 0 saturated heterocycles. The molecular formula is C13H17N3O3. The molecule has 2 rings (SSSR count). The smallest absolute Gasteiger partial charge is 0.223 e. The van der Waals surface area contributed by atoms with Gasteiger partial charge in [0.15, 0.2) is 5.82 Å². The van der Waals surface area contributed by atoms with E-state index >= 15 is 0 Å². The second-order valence-corrected chi connectivity index (χ2v) is 4.26. The van der Waals surface area contributed by atoms with Crippen LogP contribution in [0, 0.1) is 6.92 Å². The van der Waals surface area contributed by atoms with E-state index in [1.54, 1.807) is 32.2 Å². The van der Waals surface area contributed by atoms with E-state index in [0.717, 1.165) is 5.56 Å². The average molecular weight is 263 g/mol. The molecule has 1 aromatic heterocycles. The number of phenols is 1. The summed E-state index contributed by atoms with van der Waals surface area (Å²) >= 11 is 0. The van der Waals surface area contributed by atoms with E-state index in [1.165, 1.54) is 0 Å². The number of phenolic OH excluding ortho intramolecular Hbond substituents is 1. The molecule has 0 aliphatic carbocycles. The molecule has 0 radical (unpaired) electrons. The van der Waals surface area contributed by atoms with Crippen molar-refractivity contribution in [1.82, 2.24) is 15.5 Å². The molecule has 0 fully saturated rings. The zero-order chi connectivity index (χ0) is 13.8. The fourth-order valence-corrected chi connectivity index (χ4v) is 1.77. The minimum atomic E-state index is -0.0612. The molecule has 0 saturated carbocycles. The summed E-state index contributed by atoms with van der Waals surface area (Å²) in [5.41, 5.74) is 0.763. The Balaban J connectivity index is 2.04. The molecular weight excluding hydrogens is 246 g/mol. The lowest BCUT2D eigenvalue weighted by Gasteiger charge is -2.15. The van der Waals surface area contributed by atoms with Crippen LogP contribution in [-0.4, -0.2) is 22.4 Å². The van der Waals surface area contributed by atoms with Gasteiger partial charge in [0.05, 0.1) is 13.7 Å². The number of nitrogens with one attached hydrogen (secondary N) is 1. The molecule has 0 spiro atoms. The Labute approximate surface area is 111 Å². The van der Waals surface area contributed by atoms with E-state index in [1.807, 2.05) is 6.92 Å². The summed E-state index contributed by atoms with van der Waals surface area (Å²) < 4.78 is 10.0. The van der Waals surface area contributed by atoms with Gasteiger partial charge in [0.25, 0.3) is 0 Å². The number of aromatic hydroxyl groups is 1. The normalized spacial score (nSPS) is 12.4. The molecule has 102 valence electrons. The number of hydrogen-bond acceptors (Lipinski definition) is 6. The van der Waals surface area contributed by atoms with E-state index in [2.05, 4.69) is 15.5 Å². The predicted octanol–water partition coefficient (Wildman–Crippen LogP) is 1.94. The van der Waals surface area contributed by atoms with Crippen LogP contribution in [0.1, 0.15) is 30.2 Å². The van der Waals surface area contributed by atoms with Crippen molar-refractivity contribution in [2.24, 2.45) is 0 Å². The Hall–Kier alpha value is -2.08. The van der Waals surface area contributed by atoms with Crippen molar-refractivity contribution >= 4 is 0 Å². The quantitative estimate of drug-likeness (QED) is 0.858. The minimum Gasteiger partial charge on any atom is -0.508 e. The number of hydrogen-bond donors (Lipinski definition) is 2. The first-order chi connectivity index (χ1) is 9.10. The minimum absolute atomic E-state index is 0.0612. The van der Waals surface area contributed by atoms with Crippen molar-refractivity contribution in [1.29, 1.82) is 0 Å². The van der Waals surface area contributed by atoms with Crippen molar-refractivity contribution in [3.63, 3.8) is 0 Å². The van der Waals surface area contributed by atoms with Crippen LogP contribution in [0.15, 0.2) is 22.7 Å². The molecule has 19 heavy (non-hydrogen) atoms. The Morgan fingerprint density at radius 2 is 2.26 bits per heavy atom. The van der Waals surface area contributed by atoms with Crippen LogP contribution in [0.25, 0.3) is 0 Å². The molecule has 0 amide bonds. The SMILES string of the molecule is COc1ccc(O)c(C(C)NCc2noc(C)n2)c1. The number of rotatable bonds is 5. The van der Waals surface area contributed by atoms with Gasteiger partial charge in [-0.2, -0.15) is 4.98 Å². The molecule has 0 aliphatic heterocycles. The van der Waals surface area contributed by atoms with E-state index in [-0.39, 0.29) is 11.8 Å². The average Bonchev–Trinajstić information content (AvgIpc) is 2.82. The van der Waals surface area contributed by atoms with E-state index in [9.17, 15) is 5.11 Å². The number of nitrogens with zero attached hydrogens (tertiary/aromatic N) is 2. The molecule has 1 atom stereocenters. The topological polar surface area (TPSA) is 80.4 Å². The van der Waals surface area contributed by atoms with E-state index in [0.29, 0.717) is 24.0 Å². The van der Waals surface area contributed by atoms with Gasteiger partial charge in [0, 0.05) is 18.5 Å². The highest BCUT2D eigenvalue weighted by Gasteiger charge is 2.12. The van der Waals surface area contributed by atoms with Crippen LogP contribution < -0.4 is 10.1 Å². The molecule has 1 aromatic carbocycles. The number of methoxy groups -OCH3 is 1. The fourth-order valence-electron chi connectivity index (χ4n) is 1.77. The van der Waals surface area contributed by atoms with Crippen LogP contribution in [0.3, 0.4) is 0 Å². The second kappa shape index (κ2) is 5.71. The van der Waals surface area contributed by atoms with Gasteiger partial charge in [0.2, 0.25) is 5.89 Å². The molecule has 0 bridgehead atoms. The molecule has 2 aromatic rings. The maximum absolute atomic E-state index is 9.86. The summed E-state index contributed by atoms with van der Waals surface area (Å²) in [6.07, 6.45) is 0. The molecule has 1 unspecified atom stereocenters. The maximum atomic E-state index is 9.86. The zero-order valence-corrected chi connectivity index (χ0v) is 11.2. The summed E-state index contributed by atoms with van der Waals surface area (Å²) in [4.78, 5) is 4.10. The third-order valence-electron chi connectivity index (χ3n) is 2.84. The number of aromatic nitrogens is 2. The summed E-state index contributed by atoms with van der Waals surface area (Å²) in [5.74, 6) is 2.06. The van der Waals surface area contributed by atoms with Gasteiger partial charge in [-0.3, -0.25) is 0 Å². The van der Waals surface area contributed by atoms with Gasteiger partial charge in [-0.15, -0.1) is 0 Å². The Morgan fingerprint density at radius 1 is 1.47 bits per heavy atom. The van der Waals surface area contributed by atoms with Gasteiger partial charge in [-0.05, 0) is 25.1 Å². The van der Waals surface area contributed by atoms with Gasteiger partial charge < -0.3 is 19.7 Å². The van der Waals surface area contributed by atoms with Crippen molar-refractivity contribution in [2.75, 3.05) is 7.11 Å². The van der Waals surface area contributed by atoms with E-state index < -0.39 is 0 Å². The molecule has 1 heterocycles. The fraction of sp³-hybridized carbons (Fsp3) is 0.385. The van der Waals surface area contributed by atoms with Gasteiger partial charge in [-0.25, -0.2) is 0 Å². The Kier molecular flexibility index (Phi) is 4.01. The number of aryl methyl sites for hydroxylation is 1. The summed E-state index contributed by atoms with van der Waals surface area (Å²) in [7, 11) is 1.59. The van der Waals surface area contributed by atoms with Gasteiger partial charge in [0.1, 0.15) is 11.5 Å². The number of benzene rings is 1. The molecule has 0 aliphatic rings. The Bertz CT molecular complexity index is 554. The molecule has 6 heteroatoms. The van der Waals surface area contributed by atoms with Crippen LogP contribution in [0.4, 0.5) is 0 Å². The van der Waals surface area contributed by atoms with Gasteiger partial charge in [-0.1, -0.05) is 5.16 Å². The van der Waals surface area contributed by atoms with Crippen LogP contribution in [0.2, 0.25) is 0 Å². The van der Waals surface area contributed by atoms with Crippen LogP contribution in [-0.2, 0) is 6.54 Å². The lowest BCUT2D eigenvalue weighted by molar-refractivity contribution is 0.383. The van der Waals surface area contributed by atoms with Crippen molar-refractivity contribution in [2.45, 2.75) is 26.4 Å². The number of ether oxygens (including phenoxy) is 1. The molecule has 6 nitrogen and oxygen atoms in total. The van der Waals surface area contributed by atoms with Crippen molar-refractivity contribution < 1.29 is 14.4 Å². The monoisotopic (exact) mass is 263 g/mol. The first-order valence-corrected chi connectivity index (χ1v) is 5.99. The zero-order valence-electron chi connectivity index (χ0n) is 11.2. The summed E-state index contributed by atoms with van der Waals surface area (Å²) in [6.45, 7) is 4.16. The third kappa shape index (κ3) is 3.23. The van der Waals surface area contributed by atoms with Crippen LogP contribution in [0.5, 0.6) is 11.5 Å². The summed E-state index contributed by atoms with van der Waals surface area (Å²) in [5, 5.41) is 16.9. The second-order valence-electron chi connectivity index (χ2n) is 4.26. The third-order valence-corrected chi connectivity index (χ3v) is 2.84. The first-order valence-electron chi connectivity index (χ1n) is 5.99. The van der Waals surface area contributed by atoms with E-state index in [4.69, 9.17) is 9.26 Å². The van der Waals surface area contributed by atoms with Gasteiger partial charge >= 0.3 is 0 Å².